The van der Waals surface area contributed by atoms with Crippen LogP contribution in [0.15, 0.2) is 42.5 Å². The van der Waals surface area contributed by atoms with Crippen LogP contribution in [0.1, 0.15) is 29.5 Å². The van der Waals surface area contributed by atoms with Gasteiger partial charge in [-0.1, -0.05) is 30.3 Å². The zero-order valence-electron chi connectivity index (χ0n) is 12.4. The van der Waals surface area contributed by atoms with E-state index in [2.05, 4.69) is 52.7 Å². The van der Waals surface area contributed by atoms with Crippen molar-refractivity contribution in [3.05, 3.63) is 59.2 Å². The van der Waals surface area contributed by atoms with Crippen molar-refractivity contribution >= 4 is 11.4 Å². The van der Waals surface area contributed by atoms with Crippen LogP contribution in [0.4, 0.5) is 11.4 Å². The van der Waals surface area contributed by atoms with Crippen LogP contribution in [-0.2, 0) is 19.4 Å². The Morgan fingerprint density at radius 2 is 1.67 bits per heavy atom. The van der Waals surface area contributed by atoms with Gasteiger partial charge in [0.05, 0.1) is 0 Å². The zero-order chi connectivity index (χ0) is 14.1. The zero-order valence-corrected chi connectivity index (χ0v) is 12.4. The Bertz CT molecular complexity index is 648. The molecule has 108 valence electrons. The van der Waals surface area contributed by atoms with Gasteiger partial charge >= 0.3 is 0 Å². The average Bonchev–Trinajstić information content (AvgIpc) is 2.77. The van der Waals surface area contributed by atoms with Crippen molar-refractivity contribution in [2.24, 2.45) is 0 Å². The molecule has 0 saturated heterocycles. The highest BCUT2D eigenvalue weighted by Crippen LogP contribution is 2.36. The molecule has 0 spiro atoms. The Balaban J connectivity index is 1.83. The number of fused-ring (bicyclic) bond motifs is 2. The Hall–Kier alpha value is -1.80. The summed E-state index contributed by atoms with van der Waals surface area (Å²) in [6, 6.07) is 15.7. The molecule has 0 saturated carbocycles. The fraction of sp³-hybridized carbons (Fsp3) is 0.368. The van der Waals surface area contributed by atoms with Gasteiger partial charge in [0.2, 0.25) is 0 Å². The van der Waals surface area contributed by atoms with Crippen LogP contribution in [0, 0.1) is 0 Å². The number of aryl methyl sites for hydroxylation is 1. The summed E-state index contributed by atoms with van der Waals surface area (Å²) in [5.41, 5.74) is 7.38. The first-order chi connectivity index (χ1) is 10.4. The Morgan fingerprint density at radius 1 is 0.810 bits per heavy atom. The minimum Gasteiger partial charge on any atom is -0.341 e. The van der Waals surface area contributed by atoms with Crippen LogP contribution in [0.5, 0.6) is 0 Å². The molecule has 2 heterocycles. The largest absolute Gasteiger partial charge is 0.341 e. The van der Waals surface area contributed by atoms with Crippen molar-refractivity contribution in [3.63, 3.8) is 0 Å². The molecule has 0 bridgehead atoms. The van der Waals surface area contributed by atoms with E-state index in [4.69, 9.17) is 0 Å². The predicted octanol–water partition coefficient (Wildman–Crippen LogP) is 3.81. The summed E-state index contributed by atoms with van der Waals surface area (Å²) in [4.78, 5) is 2.56. The van der Waals surface area contributed by atoms with Crippen LogP contribution in [0.3, 0.4) is 0 Å². The number of rotatable bonds is 1. The van der Waals surface area contributed by atoms with Crippen LogP contribution in [-0.4, -0.2) is 13.1 Å². The van der Waals surface area contributed by atoms with Gasteiger partial charge in [-0.05, 0) is 61.1 Å². The van der Waals surface area contributed by atoms with Crippen molar-refractivity contribution in [2.45, 2.75) is 32.2 Å². The summed E-state index contributed by atoms with van der Waals surface area (Å²) < 4.78 is 0. The molecule has 2 heteroatoms. The summed E-state index contributed by atoms with van der Waals surface area (Å²) in [5, 5.41) is 3.48. The quantitative estimate of drug-likeness (QED) is 0.853. The van der Waals surface area contributed by atoms with E-state index in [0.717, 1.165) is 26.1 Å². The second kappa shape index (κ2) is 5.53. The van der Waals surface area contributed by atoms with Crippen LogP contribution >= 0.6 is 0 Å². The summed E-state index contributed by atoms with van der Waals surface area (Å²) in [6.07, 6.45) is 4.92. The fourth-order valence-corrected chi connectivity index (χ4v) is 3.71. The highest BCUT2D eigenvalue weighted by atomic mass is 15.1. The Labute approximate surface area is 126 Å². The third-order valence-electron chi connectivity index (χ3n) is 4.77. The maximum Gasteiger partial charge on any atom is 0.0447 e. The molecule has 4 rings (SSSR count). The molecule has 2 aromatic carbocycles. The molecular formula is C19H22N2. The highest BCUT2D eigenvalue weighted by Gasteiger charge is 2.21. The minimum atomic E-state index is 1.01. The van der Waals surface area contributed by atoms with Gasteiger partial charge in [0.1, 0.15) is 0 Å². The van der Waals surface area contributed by atoms with Crippen molar-refractivity contribution in [2.75, 3.05) is 18.0 Å². The molecular weight excluding hydrogens is 256 g/mol. The third-order valence-corrected chi connectivity index (χ3v) is 4.77. The molecule has 2 aliphatic heterocycles. The molecule has 0 aromatic heterocycles. The van der Waals surface area contributed by atoms with Gasteiger partial charge in [-0.3, -0.25) is 0 Å². The molecule has 2 aromatic rings. The number of hydrogen-bond donors (Lipinski definition) is 1. The standard InChI is InChI=1S/C19H22N2/c1-2-9-18-15(6-1)7-3-4-13-21(18)19-10-5-8-16-14-20-12-11-17(16)19/h1-2,5-6,8-10,20H,3-4,7,11-14H2. The summed E-state index contributed by atoms with van der Waals surface area (Å²) in [5.74, 6) is 0. The number of anilines is 2. The summed E-state index contributed by atoms with van der Waals surface area (Å²) >= 11 is 0. The normalized spacial score (nSPS) is 17.8. The van der Waals surface area contributed by atoms with Gasteiger partial charge in [-0.25, -0.2) is 0 Å². The molecule has 0 radical (unpaired) electrons. The molecule has 0 unspecified atom stereocenters. The lowest BCUT2D eigenvalue weighted by Crippen LogP contribution is -2.27. The number of nitrogens with zero attached hydrogens (tertiary/aromatic N) is 1. The Morgan fingerprint density at radius 3 is 2.67 bits per heavy atom. The third kappa shape index (κ3) is 2.34. The fourth-order valence-electron chi connectivity index (χ4n) is 3.71. The van der Waals surface area contributed by atoms with Crippen molar-refractivity contribution in [1.82, 2.24) is 5.32 Å². The van der Waals surface area contributed by atoms with Crippen molar-refractivity contribution in [3.8, 4) is 0 Å². The lowest BCUT2D eigenvalue weighted by Gasteiger charge is -2.30. The molecule has 2 nitrogen and oxygen atoms in total. The molecule has 0 aliphatic carbocycles. The van der Waals surface area contributed by atoms with Crippen LogP contribution < -0.4 is 10.2 Å². The first-order valence-corrected chi connectivity index (χ1v) is 8.10. The van der Waals surface area contributed by atoms with Crippen LogP contribution in [0.2, 0.25) is 0 Å². The monoisotopic (exact) mass is 278 g/mol. The van der Waals surface area contributed by atoms with E-state index in [1.807, 2.05) is 0 Å². The number of nitrogens with one attached hydrogen (secondary N) is 1. The number of para-hydroxylation sites is 1. The van der Waals surface area contributed by atoms with Gasteiger partial charge in [-0.2, -0.15) is 0 Å². The predicted molar refractivity (Wildman–Crippen MR) is 88.2 cm³/mol. The van der Waals surface area contributed by atoms with E-state index in [0.29, 0.717) is 0 Å². The number of hydrogen-bond acceptors (Lipinski definition) is 2. The second-order valence-corrected chi connectivity index (χ2v) is 6.08. The van der Waals surface area contributed by atoms with Crippen molar-refractivity contribution in [1.29, 1.82) is 0 Å². The van der Waals surface area contributed by atoms with E-state index >= 15 is 0 Å². The lowest BCUT2D eigenvalue weighted by molar-refractivity contribution is 0.642. The van der Waals surface area contributed by atoms with Gasteiger partial charge in [0.15, 0.2) is 0 Å². The second-order valence-electron chi connectivity index (χ2n) is 6.08. The van der Waals surface area contributed by atoms with E-state index in [1.165, 1.54) is 41.8 Å². The summed E-state index contributed by atoms with van der Waals surface area (Å²) in [7, 11) is 0. The van der Waals surface area contributed by atoms with Crippen LogP contribution in [0.25, 0.3) is 0 Å². The van der Waals surface area contributed by atoms with E-state index in [9.17, 15) is 0 Å². The maximum atomic E-state index is 3.48. The Kier molecular flexibility index (Phi) is 3.40. The van der Waals surface area contributed by atoms with Gasteiger partial charge < -0.3 is 10.2 Å². The lowest BCUT2D eigenvalue weighted by atomic mass is 9.97. The molecule has 2 aliphatic rings. The topological polar surface area (TPSA) is 15.3 Å². The molecule has 0 amide bonds. The molecule has 21 heavy (non-hydrogen) atoms. The van der Waals surface area contributed by atoms with Gasteiger partial charge in [-0.15, -0.1) is 0 Å². The van der Waals surface area contributed by atoms with Crippen molar-refractivity contribution < 1.29 is 0 Å². The first kappa shape index (κ1) is 12.9. The SMILES string of the molecule is c1ccc2c(c1)CCCCN2c1cccc2c1CCNC2. The van der Waals surface area contributed by atoms with Gasteiger partial charge in [0, 0.05) is 24.5 Å². The van der Waals surface area contributed by atoms with E-state index in [-0.39, 0.29) is 0 Å². The smallest absolute Gasteiger partial charge is 0.0447 e. The molecule has 0 fully saturated rings. The van der Waals surface area contributed by atoms with E-state index < -0.39 is 0 Å². The van der Waals surface area contributed by atoms with E-state index in [1.54, 1.807) is 5.56 Å². The number of benzene rings is 2. The minimum absolute atomic E-state index is 1.01. The van der Waals surface area contributed by atoms with Gasteiger partial charge in [0.25, 0.3) is 0 Å². The summed E-state index contributed by atoms with van der Waals surface area (Å²) in [6.45, 7) is 3.25. The highest BCUT2D eigenvalue weighted by molar-refractivity contribution is 5.71. The maximum absolute atomic E-state index is 3.48. The first-order valence-electron chi connectivity index (χ1n) is 8.10. The molecule has 1 N–H and O–H groups in total. The molecule has 0 atom stereocenters. The average molecular weight is 278 g/mol.